The number of amides is 1. The number of nitrogens with one attached hydrogen (secondary N) is 2. The highest BCUT2D eigenvalue weighted by Gasteiger charge is 2.01. The summed E-state index contributed by atoms with van der Waals surface area (Å²) in [7, 11) is 6.09. The van der Waals surface area contributed by atoms with Crippen molar-refractivity contribution in [3.05, 3.63) is 0 Å². The fourth-order valence-electron chi connectivity index (χ4n) is 2.73. The molecule has 1 amide bonds. The Hall–Kier alpha value is -1.27. The number of unbranched alkanes of at least 4 members (excludes halogenated alkanes) is 6. The van der Waals surface area contributed by atoms with Crippen molar-refractivity contribution in [2.24, 2.45) is 0 Å². The maximum absolute atomic E-state index is 11.5. The smallest absolute Gasteiger partial charge is 0.219 e. The molecule has 0 aromatic rings. The number of hydrogen-bond donors (Lipinski definition) is 2. The summed E-state index contributed by atoms with van der Waals surface area (Å²) in [6.45, 7) is 6.18. The van der Waals surface area contributed by atoms with Crippen LogP contribution in [0.1, 0.15) is 135 Å². The van der Waals surface area contributed by atoms with Crippen LogP contribution >= 0.6 is 0 Å². The second-order valence-electron chi connectivity index (χ2n) is 8.09. The number of Topliss-reactive ketones (excluding diaryl/α,β-unsaturated/α-hetero) is 2. The van der Waals surface area contributed by atoms with E-state index in [0.717, 1.165) is 71.0 Å². The quantitative estimate of drug-likeness (QED) is 0.186. The van der Waals surface area contributed by atoms with Crippen LogP contribution in [0.15, 0.2) is 0 Å². The standard InChI is InChI=1S/C15H30N2O2.C8H17NO.6CH4/c1-14(18)10-6-4-8-12-16-15(19)11-7-5-9-13-17(2)3;1-8(10)6-4-3-5-7-9-2;;;;;;/h4-13H2,1-3H3,(H,16,19);9H,3-7H2,1-2H3;6*1H4. The normalized spacial score (nSPS) is 8.63. The van der Waals surface area contributed by atoms with Crippen molar-refractivity contribution < 1.29 is 14.4 Å². The third-order valence-corrected chi connectivity index (χ3v) is 4.49. The first-order valence-electron chi connectivity index (χ1n) is 11.3. The Bertz CT molecular complexity index is 414. The summed E-state index contributed by atoms with van der Waals surface area (Å²) in [5, 5.41) is 6.01. The lowest BCUT2D eigenvalue weighted by molar-refractivity contribution is -0.121. The molecule has 0 unspecified atom stereocenters. The molecule has 0 radical (unpaired) electrons. The minimum atomic E-state index is 0. The topological polar surface area (TPSA) is 78.5 Å². The van der Waals surface area contributed by atoms with Crippen LogP contribution < -0.4 is 10.6 Å². The monoisotopic (exact) mass is 510 g/mol. The van der Waals surface area contributed by atoms with Crippen molar-refractivity contribution in [3.8, 4) is 0 Å². The molecule has 0 aliphatic rings. The van der Waals surface area contributed by atoms with E-state index in [0.29, 0.717) is 18.6 Å². The predicted octanol–water partition coefficient (Wildman–Crippen LogP) is 7.55. The molecule has 6 nitrogen and oxygen atoms in total. The van der Waals surface area contributed by atoms with E-state index in [4.69, 9.17) is 0 Å². The van der Waals surface area contributed by atoms with Gasteiger partial charge in [0.05, 0.1) is 0 Å². The van der Waals surface area contributed by atoms with Gasteiger partial charge in [0.2, 0.25) is 5.91 Å². The summed E-state index contributed by atoms with van der Waals surface area (Å²) >= 11 is 0. The Kier molecular flexibility index (Phi) is 66.8. The van der Waals surface area contributed by atoms with E-state index in [1.807, 2.05) is 7.05 Å². The van der Waals surface area contributed by atoms with Crippen molar-refractivity contribution in [2.45, 2.75) is 135 Å². The van der Waals surface area contributed by atoms with Crippen molar-refractivity contribution >= 4 is 17.5 Å². The molecule has 0 heterocycles. The Morgan fingerprint density at radius 3 is 1.37 bits per heavy atom. The number of ketones is 2. The van der Waals surface area contributed by atoms with Gasteiger partial charge in [0, 0.05) is 25.8 Å². The van der Waals surface area contributed by atoms with Crippen molar-refractivity contribution in [1.82, 2.24) is 15.5 Å². The van der Waals surface area contributed by atoms with Gasteiger partial charge in [0.1, 0.15) is 11.6 Å². The lowest BCUT2D eigenvalue weighted by atomic mass is 10.1. The summed E-state index contributed by atoms with van der Waals surface area (Å²) in [6.07, 6.45) is 11.6. The fourth-order valence-corrected chi connectivity index (χ4v) is 2.73. The van der Waals surface area contributed by atoms with Gasteiger partial charge in [-0.2, -0.15) is 0 Å². The van der Waals surface area contributed by atoms with Crippen LogP contribution in [0.3, 0.4) is 0 Å². The van der Waals surface area contributed by atoms with Crippen molar-refractivity contribution in [2.75, 3.05) is 40.8 Å². The first-order valence-corrected chi connectivity index (χ1v) is 11.3. The van der Waals surface area contributed by atoms with Crippen LogP contribution in [0.2, 0.25) is 0 Å². The number of hydrogen-bond acceptors (Lipinski definition) is 5. The third kappa shape index (κ3) is 59.8. The number of carbonyl (C=O) groups excluding carboxylic acids is 3. The zero-order valence-electron chi connectivity index (χ0n) is 19.8. The van der Waals surface area contributed by atoms with Crippen LogP contribution in [0.25, 0.3) is 0 Å². The van der Waals surface area contributed by atoms with Gasteiger partial charge >= 0.3 is 0 Å². The van der Waals surface area contributed by atoms with E-state index in [-0.39, 0.29) is 56.3 Å². The van der Waals surface area contributed by atoms with Crippen LogP contribution in [-0.2, 0) is 14.4 Å². The van der Waals surface area contributed by atoms with Gasteiger partial charge in [-0.05, 0) is 86.6 Å². The van der Waals surface area contributed by atoms with Gasteiger partial charge < -0.3 is 25.1 Å². The molecule has 2 N–H and O–H groups in total. The lowest BCUT2D eigenvalue weighted by Gasteiger charge is -2.08. The molecule has 0 bridgehead atoms. The fraction of sp³-hybridized carbons (Fsp3) is 0.897. The van der Waals surface area contributed by atoms with Crippen LogP contribution in [0.5, 0.6) is 0 Å². The molecule has 6 heteroatoms. The zero-order chi connectivity index (χ0) is 22.3. The molecule has 0 atom stereocenters. The highest BCUT2D eigenvalue weighted by atomic mass is 16.1. The van der Waals surface area contributed by atoms with Crippen LogP contribution in [0.4, 0.5) is 0 Å². The highest BCUT2D eigenvalue weighted by molar-refractivity contribution is 5.76. The van der Waals surface area contributed by atoms with E-state index in [2.05, 4.69) is 29.6 Å². The first-order chi connectivity index (χ1) is 13.8. The van der Waals surface area contributed by atoms with Gasteiger partial charge in [-0.15, -0.1) is 0 Å². The SMILES string of the molecule is C.C.C.C.C.C.CC(=O)CCCCCNC(=O)CCCCCN(C)C.CNCCCCCC(C)=O. The molecule has 0 aromatic carbocycles. The number of carbonyl (C=O) groups is 3. The molecule has 0 aliphatic heterocycles. The van der Waals surface area contributed by atoms with Gasteiger partial charge in [-0.3, -0.25) is 4.79 Å². The lowest BCUT2D eigenvalue weighted by Crippen LogP contribution is -2.24. The molecule has 35 heavy (non-hydrogen) atoms. The summed E-state index contributed by atoms with van der Waals surface area (Å²) in [6, 6.07) is 0. The van der Waals surface area contributed by atoms with Gasteiger partial charge in [0.25, 0.3) is 0 Å². The molecule has 0 aliphatic carbocycles. The number of rotatable bonds is 18. The molecule has 0 saturated heterocycles. The Morgan fingerprint density at radius 2 is 0.971 bits per heavy atom. The summed E-state index contributed by atoms with van der Waals surface area (Å²) in [4.78, 5) is 34.9. The zero-order valence-corrected chi connectivity index (χ0v) is 19.8. The number of nitrogens with zero attached hydrogens (tertiary/aromatic N) is 1. The van der Waals surface area contributed by atoms with E-state index >= 15 is 0 Å². The third-order valence-electron chi connectivity index (χ3n) is 4.49. The van der Waals surface area contributed by atoms with Gasteiger partial charge in [-0.1, -0.05) is 63.8 Å². The maximum Gasteiger partial charge on any atom is 0.219 e. The molecule has 220 valence electrons. The summed E-state index contributed by atoms with van der Waals surface area (Å²) in [5.41, 5.74) is 0. The average molecular weight is 510 g/mol. The molecule has 0 spiro atoms. The van der Waals surface area contributed by atoms with Gasteiger partial charge in [-0.25, -0.2) is 0 Å². The highest BCUT2D eigenvalue weighted by Crippen LogP contribution is 2.02. The van der Waals surface area contributed by atoms with E-state index in [1.54, 1.807) is 13.8 Å². The predicted molar refractivity (Wildman–Crippen MR) is 163 cm³/mol. The summed E-state index contributed by atoms with van der Waals surface area (Å²) in [5.74, 6) is 0.725. The minimum Gasteiger partial charge on any atom is -0.356 e. The van der Waals surface area contributed by atoms with E-state index in [9.17, 15) is 14.4 Å². The average Bonchev–Trinajstić information content (AvgIpc) is 2.64. The molecular formula is C29H71N3O3. The molecule has 0 aromatic heterocycles. The molecule has 0 fully saturated rings. The van der Waals surface area contributed by atoms with Crippen LogP contribution in [0, 0.1) is 0 Å². The van der Waals surface area contributed by atoms with Crippen molar-refractivity contribution in [1.29, 1.82) is 0 Å². The van der Waals surface area contributed by atoms with Gasteiger partial charge in [0.15, 0.2) is 0 Å². The van der Waals surface area contributed by atoms with E-state index < -0.39 is 0 Å². The van der Waals surface area contributed by atoms with E-state index in [1.165, 1.54) is 12.8 Å². The van der Waals surface area contributed by atoms with Crippen LogP contribution in [-0.4, -0.2) is 63.2 Å². The maximum atomic E-state index is 11.5. The largest absolute Gasteiger partial charge is 0.356 e. The second kappa shape index (κ2) is 42.9. The Morgan fingerprint density at radius 1 is 0.571 bits per heavy atom. The Labute approximate surface area is 223 Å². The summed E-state index contributed by atoms with van der Waals surface area (Å²) < 4.78 is 0. The van der Waals surface area contributed by atoms with Crippen molar-refractivity contribution in [3.63, 3.8) is 0 Å². The molecule has 0 saturated carbocycles. The Balaban J connectivity index is -0.0000000668. The second-order valence-corrected chi connectivity index (χ2v) is 8.09. The molecule has 0 rings (SSSR count). The minimum absolute atomic E-state index is 0. The molecular weight excluding hydrogens is 438 g/mol. The first kappa shape index (κ1) is 54.6.